The number of hydrogen-bond donors (Lipinski definition) is 1. The Bertz CT molecular complexity index is 1060. The van der Waals surface area contributed by atoms with E-state index in [2.05, 4.69) is 46.7 Å². The largest absolute Gasteiger partial charge is 0.493 e. The minimum atomic E-state index is -0.532. The van der Waals surface area contributed by atoms with E-state index >= 15 is 0 Å². The SMILES string of the molecule is COc1cc(/C=C2\N=C(c3ccc(NC(C)=O)cc3)OC2=O)cc(I)c1OCC(C)C. The second kappa shape index (κ2) is 9.95. The van der Waals surface area contributed by atoms with E-state index in [0.29, 0.717) is 35.3 Å². The number of methoxy groups -OCH3 is 1. The van der Waals surface area contributed by atoms with Gasteiger partial charge in [0.15, 0.2) is 17.2 Å². The summed E-state index contributed by atoms with van der Waals surface area (Å²) in [5.41, 5.74) is 2.22. The molecule has 0 aromatic heterocycles. The van der Waals surface area contributed by atoms with Crippen LogP contribution in [-0.4, -0.2) is 31.5 Å². The molecule has 0 radical (unpaired) electrons. The van der Waals surface area contributed by atoms with E-state index in [1.807, 2.05) is 6.07 Å². The summed E-state index contributed by atoms with van der Waals surface area (Å²) in [6, 6.07) is 10.6. The van der Waals surface area contributed by atoms with Crippen molar-refractivity contribution in [3.8, 4) is 11.5 Å². The van der Waals surface area contributed by atoms with Gasteiger partial charge in [0, 0.05) is 18.2 Å². The summed E-state index contributed by atoms with van der Waals surface area (Å²) in [5, 5.41) is 2.69. The second-order valence-electron chi connectivity index (χ2n) is 7.33. The molecule has 0 atom stereocenters. The Morgan fingerprint density at radius 2 is 1.97 bits per heavy atom. The highest BCUT2D eigenvalue weighted by atomic mass is 127. The van der Waals surface area contributed by atoms with Crippen LogP contribution in [0.15, 0.2) is 47.1 Å². The van der Waals surface area contributed by atoms with E-state index in [4.69, 9.17) is 14.2 Å². The lowest BCUT2D eigenvalue weighted by Crippen LogP contribution is -2.07. The normalized spacial score (nSPS) is 14.5. The van der Waals surface area contributed by atoms with Crippen LogP contribution >= 0.6 is 22.6 Å². The fraction of sp³-hybridized carbons (Fsp3) is 0.261. The van der Waals surface area contributed by atoms with Gasteiger partial charge in [-0.2, -0.15) is 0 Å². The highest BCUT2D eigenvalue weighted by Gasteiger charge is 2.24. The van der Waals surface area contributed by atoms with Crippen molar-refractivity contribution in [1.82, 2.24) is 0 Å². The first-order valence-electron chi connectivity index (χ1n) is 9.67. The standard InChI is InChI=1S/C23H23IN2O5/c1-13(2)12-30-21-18(24)9-15(11-20(21)29-4)10-19-23(28)31-22(26-19)16-5-7-17(8-6-16)25-14(3)27/h5-11,13H,12H2,1-4H3,(H,25,27)/b19-10-. The van der Waals surface area contributed by atoms with Crippen molar-refractivity contribution in [3.05, 3.63) is 56.8 Å². The summed E-state index contributed by atoms with van der Waals surface area (Å²) in [7, 11) is 1.58. The lowest BCUT2D eigenvalue weighted by atomic mass is 10.1. The maximum absolute atomic E-state index is 12.3. The van der Waals surface area contributed by atoms with Gasteiger partial charge in [-0.25, -0.2) is 9.79 Å². The summed E-state index contributed by atoms with van der Waals surface area (Å²) in [6.07, 6.45) is 1.65. The smallest absolute Gasteiger partial charge is 0.363 e. The fourth-order valence-electron chi connectivity index (χ4n) is 2.80. The highest BCUT2D eigenvalue weighted by molar-refractivity contribution is 14.1. The summed E-state index contributed by atoms with van der Waals surface area (Å²) in [6.45, 7) is 6.17. The maximum atomic E-state index is 12.3. The topological polar surface area (TPSA) is 86.2 Å². The average molecular weight is 534 g/mol. The first-order valence-corrected chi connectivity index (χ1v) is 10.8. The molecule has 3 rings (SSSR count). The molecule has 0 saturated carbocycles. The summed E-state index contributed by atoms with van der Waals surface area (Å²) < 4.78 is 17.6. The Morgan fingerprint density at radius 3 is 2.58 bits per heavy atom. The number of anilines is 1. The van der Waals surface area contributed by atoms with Crippen LogP contribution in [0.2, 0.25) is 0 Å². The molecule has 1 heterocycles. The van der Waals surface area contributed by atoms with Gasteiger partial charge in [0.05, 0.1) is 17.3 Å². The van der Waals surface area contributed by atoms with Crippen LogP contribution in [0.1, 0.15) is 31.9 Å². The van der Waals surface area contributed by atoms with E-state index in [0.717, 1.165) is 9.13 Å². The number of nitrogens with one attached hydrogen (secondary N) is 1. The van der Waals surface area contributed by atoms with Crippen LogP contribution in [0, 0.1) is 9.49 Å². The molecule has 0 unspecified atom stereocenters. The number of rotatable bonds is 7. The number of hydrogen-bond acceptors (Lipinski definition) is 6. The van der Waals surface area contributed by atoms with Crippen molar-refractivity contribution in [2.75, 3.05) is 19.0 Å². The van der Waals surface area contributed by atoms with Crippen LogP contribution < -0.4 is 14.8 Å². The molecule has 162 valence electrons. The van der Waals surface area contributed by atoms with Gasteiger partial charge in [0.2, 0.25) is 11.8 Å². The van der Waals surface area contributed by atoms with Crippen molar-refractivity contribution in [2.45, 2.75) is 20.8 Å². The number of aliphatic imine (C=N–C) groups is 1. The van der Waals surface area contributed by atoms with Crippen molar-refractivity contribution >= 4 is 52.1 Å². The minimum absolute atomic E-state index is 0.159. The number of amides is 1. The lowest BCUT2D eigenvalue weighted by Gasteiger charge is -2.15. The molecule has 31 heavy (non-hydrogen) atoms. The fourth-order valence-corrected chi connectivity index (χ4v) is 3.58. The predicted octanol–water partition coefficient (Wildman–Crippen LogP) is 4.64. The molecule has 8 heteroatoms. The molecular weight excluding hydrogens is 511 g/mol. The Kier molecular flexibility index (Phi) is 7.32. The number of carbonyl (C=O) groups is 2. The van der Waals surface area contributed by atoms with Crippen molar-refractivity contribution < 1.29 is 23.8 Å². The number of ether oxygens (including phenoxy) is 3. The molecule has 1 aliphatic rings. The third kappa shape index (κ3) is 5.84. The van der Waals surface area contributed by atoms with Gasteiger partial charge in [0.1, 0.15) is 0 Å². The Labute approximate surface area is 194 Å². The zero-order chi connectivity index (χ0) is 22.5. The molecule has 1 aliphatic heterocycles. The zero-order valence-electron chi connectivity index (χ0n) is 17.7. The number of nitrogens with zero attached hydrogens (tertiary/aromatic N) is 1. The number of esters is 1. The van der Waals surface area contributed by atoms with Gasteiger partial charge < -0.3 is 19.5 Å². The molecule has 0 saturated heterocycles. The highest BCUT2D eigenvalue weighted by Crippen LogP contribution is 2.35. The molecule has 0 spiro atoms. The van der Waals surface area contributed by atoms with Crippen LogP contribution in [-0.2, 0) is 14.3 Å². The van der Waals surface area contributed by atoms with Crippen LogP contribution in [0.25, 0.3) is 6.08 Å². The number of halogens is 1. The molecule has 2 aromatic carbocycles. The molecule has 2 aromatic rings. The summed E-state index contributed by atoms with van der Waals surface area (Å²) >= 11 is 2.18. The molecule has 7 nitrogen and oxygen atoms in total. The number of cyclic esters (lactones) is 1. The molecule has 0 fully saturated rings. The minimum Gasteiger partial charge on any atom is -0.493 e. The Morgan fingerprint density at radius 1 is 1.26 bits per heavy atom. The van der Waals surface area contributed by atoms with E-state index in [9.17, 15) is 9.59 Å². The monoisotopic (exact) mass is 534 g/mol. The van der Waals surface area contributed by atoms with Gasteiger partial charge in [-0.15, -0.1) is 0 Å². The van der Waals surface area contributed by atoms with E-state index in [-0.39, 0.29) is 17.5 Å². The molecule has 0 bridgehead atoms. The number of carbonyl (C=O) groups excluding carboxylic acids is 2. The first-order chi connectivity index (χ1) is 14.8. The van der Waals surface area contributed by atoms with Crippen molar-refractivity contribution in [3.63, 3.8) is 0 Å². The summed E-state index contributed by atoms with van der Waals surface area (Å²) in [4.78, 5) is 27.8. The van der Waals surface area contributed by atoms with Crippen LogP contribution in [0.3, 0.4) is 0 Å². The van der Waals surface area contributed by atoms with Gasteiger partial charge in [0.25, 0.3) is 0 Å². The van der Waals surface area contributed by atoms with Crippen LogP contribution in [0.4, 0.5) is 5.69 Å². The first kappa shape index (κ1) is 22.8. The molecule has 1 N–H and O–H groups in total. The average Bonchev–Trinajstić information content (AvgIpc) is 3.07. The van der Waals surface area contributed by atoms with E-state index in [1.165, 1.54) is 6.92 Å². The summed E-state index contributed by atoms with van der Waals surface area (Å²) in [5.74, 6) is 1.17. The quantitative estimate of drug-likeness (QED) is 0.318. The molecule has 0 aliphatic carbocycles. The van der Waals surface area contributed by atoms with E-state index < -0.39 is 5.97 Å². The van der Waals surface area contributed by atoms with Gasteiger partial charge in [-0.05, 0) is 76.5 Å². The van der Waals surface area contributed by atoms with E-state index in [1.54, 1.807) is 43.5 Å². The van der Waals surface area contributed by atoms with Gasteiger partial charge >= 0.3 is 5.97 Å². The van der Waals surface area contributed by atoms with Gasteiger partial charge in [-0.1, -0.05) is 13.8 Å². The van der Waals surface area contributed by atoms with Crippen molar-refractivity contribution in [2.24, 2.45) is 10.9 Å². The zero-order valence-corrected chi connectivity index (χ0v) is 19.8. The van der Waals surface area contributed by atoms with Crippen molar-refractivity contribution in [1.29, 1.82) is 0 Å². The Hall–Kier alpha value is -2.88. The maximum Gasteiger partial charge on any atom is 0.363 e. The predicted molar refractivity (Wildman–Crippen MR) is 127 cm³/mol. The second-order valence-corrected chi connectivity index (χ2v) is 8.50. The lowest BCUT2D eigenvalue weighted by molar-refractivity contribution is -0.129. The Balaban J connectivity index is 1.86. The number of benzene rings is 2. The molecule has 1 amide bonds. The third-order valence-corrected chi connectivity index (χ3v) is 4.99. The van der Waals surface area contributed by atoms with Gasteiger partial charge in [-0.3, -0.25) is 4.79 Å². The van der Waals surface area contributed by atoms with Crippen LogP contribution in [0.5, 0.6) is 11.5 Å². The third-order valence-electron chi connectivity index (χ3n) is 4.19. The molecular formula is C23H23IN2O5.